The number of carbonyl (C=O) groups excluding carboxylic acids is 1. The van der Waals surface area contributed by atoms with Crippen LogP contribution < -0.4 is 0 Å². The highest BCUT2D eigenvalue weighted by Gasteiger charge is 2.64. The van der Waals surface area contributed by atoms with Gasteiger partial charge < -0.3 is 4.90 Å². The van der Waals surface area contributed by atoms with E-state index in [2.05, 4.69) is 42.2 Å². The Morgan fingerprint density at radius 3 is 2.50 bits per heavy atom. The predicted molar refractivity (Wildman–Crippen MR) is 112 cm³/mol. The van der Waals surface area contributed by atoms with Gasteiger partial charge in [-0.25, -0.2) is 0 Å². The normalized spacial score (nSPS) is 48.8. The second-order valence-electron chi connectivity index (χ2n) is 11.8. The van der Waals surface area contributed by atoms with Gasteiger partial charge in [0.2, 0.25) is 0 Å². The van der Waals surface area contributed by atoms with E-state index in [0.717, 1.165) is 24.7 Å². The van der Waals surface area contributed by atoms with Crippen LogP contribution in [0.4, 0.5) is 0 Å². The quantitative estimate of drug-likeness (QED) is 0.717. The van der Waals surface area contributed by atoms with Crippen molar-refractivity contribution in [3.63, 3.8) is 0 Å². The fraction of sp³-hybridized carbons (Fsp3) is 0.731. The molecule has 0 amide bonds. The number of fused-ring (bicyclic) bond motifs is 3. The van der Waals surface area contributed by atoms with E-state index in [0.29, 0.717) is 17.1 Å². The summed E-state index contributed by atoms with van der Waals surface area (Å²) in [6.45, 7) is 6.25. The minimum atomic E-state index is -0.0178. The van der Waals surface area contributed by atoms with E-state index in [1.165, 1.54) is 70.1 Å². The van der Waals surface area contributed by atoms with Crippen LogP contribution in [0.3, 0.4) is 0 Å². The summed E-state index contributed by atoms with van der Waals surface area (Å²) in [7, 11) is 0. The van der Waals surface area contributed by atoms with Gasteiger partial charge in [0.1, 0.15) is 5.78 Å². The van der Waals surface area contributed by atoms with Crippen LogP contribution in [-0.4, -0.2) is 30.3 Å². The summed E-state index contributed by atoms with van der Waals surface area (Å²) in [5, 5.41) is 0. The third kappa shape index (κ3) is 2.59. The predicted octanol–water partition coefficient (Wildman–Crippen LogP) is 5.22. The summed E-state index contributed by atoms with van der Waals surface area (Å²) >= 11 is 0. The van der Waals surface area contributed by atoms with E-state index in [1.54, 1.807) is 0 Å². The van der Waals surface area contributed by atoms with Crippen molar-refractivity contribution in [2.24, 2.45) is 28.6 Å². The van der Waals surface area contributed by atoms with Crippen LogP contribution in [0.15, 0.2) is 30.3 Å². The molecule has 7 aliphatic rings. The Kier molecular flexibility index (Phi) is 3.75. The van der Waals surface area contributed by atoms with E-state index >= 15 is 0 Å². The van der Waals surface area contributed by atoms with Crippen LogP contribution in [0.25, 0.3) is 0 Å². The molecule has 3 aliphatic heterocycles. The molecule has 4 aliphatic carbocycles. The molecule has 0 N–H and O–H groups in total. The minimum Gasteiger partial charge on any atom is -0.303 e. The molecule has 2 nitrogen and oxygen atoms in total. The van der Waals surface area contributed by atoms with Crippen LogP contribution in [0.1, 0.15) is 70.3 Å². The lowest BCUT2D eigenvalue weighted by Crippen LogP contribution is -2.60. The number of hydrogen-bond donors (Lipinski definition) is 0. The summed E-state index contributed by atoms with van der Waals surface area (Å²) in [6.07, 6.45) is 11.0. The van der Waals surface area contributed by atoms with Crippen LogP contribution in [-0.2, 0) is 10.2 Å². The number of benzene rings is 1. The first-order valence-electron chi connectivity index (χ1n) is 11.8. The zero-order valence-electron chi connectivity index (χ0n) is 17.5. The van der Waals surface area contributed by atoms with Crippen molar-refractivity contribution in [3.05, 3.63) is 35.9 Å². The number of ketones is 1. The highest BCUT2D eigenvalue weighted by atomic mass is 16.1. The van der Waals surface area contributed by atoms with Crippen molar-refractivity contribution in [3.8, 4) is 0 Å². The van der Waals surface area contributed by atoms with Gasteiger partial charge in [-0.3, -0.25) is 4.79 Å². The molecule has 28 heavy (non-hydrogen) atoms. The molecular formula is C26H35NO. The molecular weight excluding hydrogens is 342 g/mol. The van der Waals surface area contributed by atoms with Crippen molar-refractivity contribution in [2.45, 2.75) is 70.1 Å². The number of piperidine rings is 3. The average Bonchev–Trinajstić information content (AvgIpc) is 2.68. The van der Waals surface area contributed by atoms with E-state index < -0.39 is 0 Å². The van der Waals surface area contributed by atoms with Gasteiger partial charge in [-0.1, -0.05) is 37.3 Å². The zero-order valence-corrected chi connectivity index (χ0v) is 17.5. The van der Waals surface area contributed by atoms with Gasteiger partial charge in [-0.2, -0.15) is 0 Å². The Morgan fingerprint density at radius 2 is 1.82 bits per heavy atom. The Bertz CT molecular complexity index is 781. The Labute approximate surface area is 170 Å². The van der Waals surface area contributed by atoms with E-state index in [4.69, 9.17) is 0 Å². The van der Waals surface area contributed by atoms with Gasteiger partial charge in [0.15, 0.2) is 0 Å². The smallest absolute Gasteiger partial charge is 0.139 e. The second-order valence-corrected chi connectivity index (χ2v) is 11.8. The van der Waals surface area contributed by atoms with E-state index in [-0.39, 0.29) is 10.8 Å². The number of hydrogen-bond acceptors (Lipinski definition) is 2. The first-order valence-corrected chi connectivity index (χ1v) is 11.8. The summed E-state index contributed by atoms with van der Waals surface area (Å²) in [5.74, 6) is 2.88. The molecule has 0 aromatic heterocycles. The molecule has 3 heterocycles. The molecule has 2 heteroatoms. The summed E-state index contributed by atoms with van der Waals surface area (Å²) in [6, 6.07) is 11.3. The molecule has 0 spiro atoms. The van der Waals surface area contributed by atoms with E-state index in [1.807, 2.05) is 0 Å². The van der Waals surface area contributed by atoms with Gasteiger partial charge in [0, 0.05) is 18.4 Å². The summed E-state index contributed by atoms with van der Waals surface area (Å²) < 4.78 is 0. The summed E-state index contributed by atoms with van der Waals surface area (Å²) in [4.78, 5) is 16.6. The maximum Gasteiger partial charge on any atom is 0.139 e. The third-order valence-corrected chi connectivity index (χ3v) is 9.56. The molecule has 8 rings (SSSR count). The van der Waals surface area contributed by atoms with Gasteiger partial charge in [-0.15, -0.1) is 0 Å². The molecule has 7 fully saturated rings. The number of nitrogens with zero attached hydrogens (tertiary/aromatic N) is 1. The van der Waals surface area contributed by atoms with Gasteiger partial charge in [0.05, 0.1) is 0 Å². The van der Waals surface area contributed by atoms with Crippen LogP contribution in [0, 0.1) is 28.6 Å². The number of Topliss-reactive ketones (excluding diaryl/α,β-unsaturated/α-hetero) is 1. The topological polar surface area (TPSA) is 20.3 Å². The van der Waals surface area contributed by atoms with Crippen molar-refractivity contribution in [1.29, 1.82) is 0 Å². The maximum atomic E-state index is 13.9. The molecule has 1 aromatic carbocycles. The molecule has 6 bridgehead atoms. The SMILES string of the molecule is C[C@]12CC3CC(C(=O)C[C@H]4CN5CCC4CC5)(C1)C[C@@](c1ccccc1)(C3)C2. The lowest BCUT2D eigenvalue weighted by atomic mass is 9.38. The monoisotopic (exact) mass is 377 g/mol. The fourth-order valence-electron chi connectivity index (χ4n) is 9.12. The zero-order chi connectivity index (χ0) is 19.0. The van der Waals surface area contributed by atoms with Crippen LogP contribution >= 0.6 is 0 Å². The lowest BCUT2D eigenvalue weighted by molar-refractivity contribution is -0.160. The molecule has 5 atom stereocenters. The Morgan fingerprint density at radius 1 is 1.04 bits per heavy atom. The number of carbonyl (C=O) groups is 1. The first kappa shape index (κ1) is 17.7. The highest BCUT2D eigenvalue weighted by molar-refractivity contribution is 5.86. The average molecular weight is 378 g/mol. The van der Waals surface area contributed by atoms with Gasteiger partial charge in [-0.05, 0) is 98.6 Å². The first-order chi connectivity index (χ1) is 13.5. The van der Waals surface area contributed by atoms with Crippen molar-refractivity contribution < 1.29 is 4.79 Å². The van der Waals surface area contributed by atoms with Crippen molar-refractivity contribution in [2.75, 3.05) is 19.6 Å². The molecule has 0 radical (unpaired) electrons. The van der Waals surface area contributed by atoms with E-state index in [9.17, 15) is 4.79 Å². The Hall–Kier alpha value is -1.15. The standard InChI is InChI=1S/C26H35NO/c1-24-12-19-13-25(16-24,22-5-3-2-4-6-22)18-26(14-19,17-24)23(28)11-21-15-27-9-7-20(21)8-10-27/h2-6,19-21H,7-18H2,1H3/t19?,21-,24+,25+,26?/m0/s1. The molecule has 150 valence electrons. The number of rotatable bonds is 4. The fourth-order valence-corrected chi connectivity index (χ4v) is 9.12. The lowest BCUT2D eigenvalue weighted by Gasteiger charge is -2.66. The highest BCUT2D eigenvalue weighted by Crippen LogP contribution is 2.70. The second kappa shape index (κ2) is 5.94. The van der Waals surface area contributed by atoms with Crippen LogP contribution in [0.2, 0.25) is 0 Å². The molecule has 3 saturated heterocycles. The summed E-state index contributed by atoms with van der Waals surface area (Å²) in [5.41, 5.74) is 2.14. The van der Waals surface area contributed by atoms with Crippen molar-refractivity contribution in [1.82, 2.24) is 4.90 Å². The minimum absolute atomic E-state index is 0.0178. The van der Waals surface area contributed by atoms with Crippen molar-refractivity contribution >= 4 is 5.78 Å². The van der Waals surface area contributed by atoms with Crippen LogP contribution in [0.5, 0.6) is 0 Å². The van der Waals surface area contributed by atoms with Gasteiger partial charge >= 0.3 is 0 Å². The Balaban J connectivity index is 1.31. The third-order valence-electron chi connectivity index (χ3n) is 9.56. The maximum absolute atomic E-state index is 13.9. The molecule has 1 aromatic rings. The molecule has 2 unspecified atom stereocenters. The van der Waals surface area contributed by atoms with Gasteiger partial charge in [0.25, 0.3) is 0 Å². The largest absolute Gasteiger partial charge is 0.303 e. The molecule has 4 saturated carbocycles.